The number of nitrogens with zero attached hydrogens (tertiary/aromatic N) is 1. The molecule has 1 heterocycles. The van der Waals surface area contributed by atoms with Crippen molar-refractivity contribution in [2.75, 3.05) is 11.9 Å². The van der Waals surface area contributed by atoms with Gasteiger partial charge in [-0.1, -0.05) is 35.9 Å². The van der Waals surface area contributed by atoms with Crippen LogP contribution in [0.15, 0.2) is 65.6 Å². The molecule has 3 aromatic rings. The van der Waals surface area contributed by atoms with Gasteiger partial charge in [-0.05, 0) is 111 Å². The summed E-state index contributed by atoms with van der Waals surface area (Å²) in [6.45, 7) is 2.01. The second-order valence-electron chi connectivity index (χ2n) is 7.91. The maximum absolute atomic E-state index is 13.3. The van der Waals surface area contributed by atoms with E-state index in [4.69, 9.17) is 4.74 Å². The molecule has 0 bridgehead atoms. The minimum Gasteiger partial charge on any atom is -0.487 e. The Bertz CT molecular complexity index is 1360. The first-order chi connectivity index (χ1) is 17.2. The topological polar surface area (TPSA) is 75.7 Å². The van der Waals surface area contributed by atoms with Gasteiger partial charge in [-0.25, -0.2) is 4.39 Å². The van der Waals surface area contributed by atoms with E-state index >= 15 is 0 Å². The standard InChI is InChI=1S/C26H19FI2N2O4S/c1-15-5-7-16(8-6-15)14-35-24-20(28)9-17(10-21(24)29)11-22-25(33)31(26(34)36-22)13-23(32)30-19-4-2-3-18(27)12-19/h2-12H,13-14H2,1H3,(H,30,32)/b22-11+. The van der Waals surface area contributed by atoms with Gasteiger partial charge in [0.15, 0.2) is 0 Å². The maximum Gasteiger partial charge on any atom is 0.294 e. The molecule has 0 unspecified atom stereocenters. The van der Waals surface area contributed by atoms with Crippen LogP contribution in [0, 0.1) is 19.9 Å². The lowest BCUT2D eigenvalue weighted by Crippen LogP contribution is -2.36. The van der Waals surface area contributed by atoms with Gasteiger partial charge in [0.1, 0.15) is 24.7 Å². The number of aryl methyl sites for hydroxylation is 1. The van der Waals surface area contributed by atoms with Crippen molar-refractivity contribution in [3.63, 3.8) is 0 Å². The molecule has 0 radical (unpaired) electrons. The number of hydrogen-bond donors (Lipinski definition) is 1. The molecular formula is C26H19FI2N2O4S. The van der Waals surface area contributed by atoms with E-state index in [1.165, 1.54) is 23.8 Å². The van der Waals surface area contributed by atoms with Gasteiger partial charge in [0.2, 0.25) is 5.91 Å². The van der Waals surface area contributed by atoms with Gasteiger partial charge in [0.05, 0.1) is 12.0 Å². The van der Waals surface area contributed by atoms with Crippen LogP contribution in [0.2, 0.25) is 0 Å². The molecule has 6 nitrogen and oxygen atoms in total. The number of halogens is 3. The third-order valence-electron chi connectivity index (χ3n) is 5.11. The predicted molar refractivity (Wildman–Crippen MR) is 155 cm³/mol. The van der Waals surface area contributed by atoms with E-state index in [0.717, 1.165) is 46.7 Å². The van der Waals surface area contributed by atoms with Crippen molar-refractivity contribution in [2.45, 2.75) is 13.5 Å². The van der Waals surface area contributed by atoms with Crippen LogP contribution in [-0.4, -0.2) is 28.5 Å². The molecule has 0 saturated carbocycles. The average molecular weight is 728 g/mol. The van der Waals surface area contributed by atoms with Crippen LogP contribution in [0.1, 0.15) is 16.7 Å². The average Bonchev–Trinajstić information content (AvgIpc) is 3.07. The zero-order valence-electron chi connectivity index (χ0n) is 18.9. The minimum absolute atomic E-state index is 0.221. The quantitative estimate of drug-likeness (QED) is 0.220. The van der Waals surface area contributed by atoms with Gasteiger partial charge in [-0.2, -0.15) is 0 Å². The summed E-state index contributed by atoms with van der Waals surface area (Å²) in [5.74, 6) is -0.902. The van der Waals surface area contributed by atoms with E-state index in [0.29, 0.717) is 6.61 Å². The summed E-state index contributed by atoms with van der Waals surface area (Å²) in [6.07, 6.45) is 1.63. The minimum atomic E-state index is -0.594. The highest BCUT2D eigenvalue weighted by Crippen LogP contribution is 2.35. The highest BCUT2D eigenvalue weighted by molar-refractivity contribution is 14.1. The predicted octanol–water partition coefficient (Wildman–Crippen LogP) is 6.60. The number of carbonyl (C=O) groups excluding carboxylic acids is 3. The SMILES string of the molecule is Cc1ccc(COc2c(I)cc(/C=C3/SC(=O)N(CC(=O)Nc4cccc(F)c4)C3=O)cc2I)cc1. The highest BCUT2D eigenvalue weighted by atomic mass is 127. The van der Waals surface area contributed by atoms with Gasteiger partial charge in [0.25, 0.3) is 11.1 Å². The Balaban J connectivity index is 1.43. The molecule has 0 atom stereocenters. The molecule has 1 fully saturated rings. The van der Waals surface area contributed by atoms with E-state index in [2.05, 4.69) is 50.5 Å². The molecule has 3 aromatic carbocycles. The monoisotopic (exact) mass is 728 g/mol. The third-order valence-corrected chi connectivity index (χ3v) is 7.62. The second-order valence-corrected chi connectivity index (χ2v) is 11.2. The van der Waals surface area contributed by atoms with Gasteiger partial charge < -0.3 is 10.1 Å². The summed E-state index contributed by atoms with van der Waals surface area (Å²) < 4.78 is 21.1. The van der Waals surface area contributed by atoms with E-state index in [1.54, 1.807) is 6.08 Å². The first-order valence-corrected chi connectivity index (χ1v) is 13.6. The summed E-state index contributed by atoms with van der Waals surface area (Å²) in [4.78, 5) is 38.7. The smallest absolute Gasteiger partial charge is 0.294 e. The zero-order chi connectivity index (χ0) is 25.8. The fourth-order valence-electron chi connectivity index (χ4n) is 3.34. The Hall–Kier alpha value is -2.45. The van der Waals surface area contributed by atoms with Gasteiger partial charge in [0, 0.05) is 5.69 Å². The Morgan fingerprint density at radius 2 is 1.78 bits per heavy atom. The molecular weight excluding hydrogens is 709 g/mol. The lowest BCUT2D eigenvalue weighted by atomic mass is 10.1. The Morgan fingerprint density at radius 1 is 1.08 bits per heavy atom. The maximum atomic E-state index is 13.3. The van der Waals surface area contributed by atoms with Crippen LogP contribution in [0.4, 0.5) is 14.9 Å². The van der Waals surface area contributed by atoms with Crippen LogP contribution in [0.5, 0.6) is 5.75 Å². The Kier molecular flexibility index (Phi) is 8.67. The zero-order valence-corrected chi connectivity index (χ0v) is 24.0. The normalized spacial score (nSPS) is 14.4. The molecule has 1 aliphatic rings. The first-order valence-electron chi connectivity index (χ1n) is 10.7. The number of carbonyl (C=O) groups is 3. The molecule has 0 aliphatic carbocycles. The summed E-state index contributed by atoms with van der Waals surface area (Å²) in [7, 11) is 0. The van der Waals surface area contributed by atoms with Crippen molar-refractivity contribution in [1.82, 2.24) is 4.90 Å². The van der Waals surface area contributed by atoms with Crippen molar-refractivity contribution in [1.29, 1.82) is 0 Å². The van der Waals surface area contributed by atoms with Crippen molar-refractivity contribution >= 4 is 85.8 Å². The fourth-order valence-corrected chi connectivity index (χ4v) is 6.30. The van der Waals surface area contributed by atoms with Crippen LogP contribution in [0.25, 0.3) is 6.08 Å². The highest BCUT2D eigenvalue weighted by Gasteiger charge is 2.36. The van der Waals surface area contributed by atoms with Crippen LogP contribution >= 0.6 is 56.9 Å². The van der Waals surface area contributed by atoms with E-state index in [-0.39, 0.29) is 10.6 Å². The molecule has 1 saturated heterocycles. The molecule has 10 heteroatoms. The molecule has 184 valence electrons. The van der Waals surface area contributed by atoms with Gasteiger partial charge in [-0.15, -0.1) is 0 Å². The number of anilines is 1. The van der Waals surface area contributed by atoms with E-state index < -0.39 is 29.4 Å². The summed E-state index contributed by atoms with van der Waals surface area (Å²) in [6, 6.07) is 17.3. The second kappa shape index (κ2) is 11.7. The van der Waals surface area contributed by atoms with Crippen LogP contribution < -0.4 is 10.1 Å². The molecule has 1 aliphatic heterocycles. The largest absolute Gasteiger partial charge is 0.487 e. The number of hydrogen-bond acceptors (Lipinski definition) is 5. The van der Waals surface area contributed by atoms with Crippen molar-refractivity contribution in [3.8, 4) is 5.75 Å². The van der Waals surface area contributed by atoms with Crippen LogP contribution in [0.3, 0.4) is 0 Å². The summed E-state index contributed by atoms with van der Waals surface area (Å²) in [5.41, 5.74) is 3.23. The Labute approximate surface area is 238 Å². The van der Waals surface area contributed by atoms with Crippen molar-refractivity contribution in [3.05, 3.63) is 95.2 Å². The summed E-state index contributed by atoms with van der Waals surface area (Å²) >= 11 is 5.14. The molecule has 4 rings (SSSR count). The molecule has 36 heavy (non-hydrogen) atoms. The van der Waals surface area contributed by atoms with E-state index in [1.807, 2.05) is 43.3 Å². The fraction of sp³-hybridized carbons (Fsp3) is 0.115. The van der Waals surface area contributed by atoms with Crippen molar-refractivity contribution in [2.24, 2.45) is 0 Å². The van der Waals surface area contributed by atoms with Gasteiger partial charge in [-0.3, -0.25) is 19.3 Å². The van der Waals surface area contributed by atoms with Crippen LogP contribution in [-0.2, 0) is 16.2 Å². The lowest BCUT2D eigenvalue weighted by Gasteiger charge is -2.13. The molecule has 3 amide bonds. The third kappa shape index (κ3) is 6.65. The van der Waals surface area contributed by atoms with Gasteiger partial charge >= 0.3 is 0 Å². The number of benzene rings is 3. The number of thioether (sulfide) groups is 1. The Morgan fingerprint density at radius 3 is 2.44 bits per heavy atom. The number of rotatable bonds is 7. The molecule has 1 N–H and O–H groups in total. The van der Waals surface area contributed by atoms with Crippen molar-refractivity contribution < 1.29 is 23.5 Å². The van der Waals surface area contributed by atoms with E-state index in [9.17, 15) is 18.8 Å². The number of nitrogens with one attached hydrogen (secondary N) is 1. The number of amides is 3. The molecule has 0 aromatic heterocycles. The number of ether oxygens (including phenoxy) is 1. The lowest BCUT2D eigenvalue weighted by molar-refractivity contribution is -0.127. The summed E-state index contributed by atoms with van der Waals surface area (Å²) in [5, 5.41) is 1.95. The number of imide groups is 1. The molecule has 0 spiro atoms. The first kappa shape index (κ1) is 26.6.